The molecule has 0 spiro atoms. The molecule has 28 heavy (non-hydrogen) atoms. The molecule has 5 nitrogen and oxygen atoms in total. The van der Waals surface area contributed by atoms with Gasteiger partial charge in [-0.15, -0.1) is 11.3 Å². The minimum atomic E-state index is -0.259. The van der Waals surface area contributed by atoms with Gasteiger partial charge in [-0.25, -0.2) is 19.3 Å². The maximum Gasteiger partial charge on any atom is 0.270 e. The van der Waals surface area contributed by atoms with E-state index in [9.17, 15) is 9.18 Å². The average molecular weight is 394 g/mol. The lowest BCUT2D eigenvalue weighted by atomic mass is 9.98. The van der Waals surface area contributed by atoms with Crippen molar-refractivity contribution in [1.82, 2.24) is 20.3 Å². The summed E-state index contributed by atoms with van der Waals surface area (Å²) >= 11 is 1.58. The fourth-order valence-electron chi connectivity index (χ4n) is 3.54. The molecule has 0 saturated heterocycles. The second kappa shape index (κ2) is 7.05. The summed E-state index contributed by atoms with van der Waals surface area (Å²) < 4.78 is 13.2. The molecule has 1 amide bonds. The van der Waals surface area contributed by atoms with Gasteiger partial charge in [-0.05, 0) is 62.4 Å². The predicted molar refractivity (Wildman–Crippen MR) is 105 cm³/mol. The Hall–Kier alpha value is -2.67. The quantitative estimate of drug-likeness (QED) is 0.711. The summed E-state index contributed by atoms with van der Waals surface area (Å²) in [5.74, 6) is 0.756. The molecule has 2 aromatic heterocycles. The number of thiazole rings is 1. The number of amides is 1. The van der Waals surface area contributed by atoms with Gasteiger partial charge in [0.2, 0.25) is 0 Å². The molecule has 1 N–H and O–H groups in total. The molecule has 142 valence electrons. The van der Waals surface area contributed by atoms with Crippen molar-refractivity contribution in [3.8, 4) is 10.6 Å². The van der Waals surface area contributed by atoms with Crippen molar-refractivity contribution in [2.45, 2.75) is 44.1 Å². The van der Waals surface area contributed by atoms with Crippen LogP contribution in [0.5, 0.6) is 0 Å². The van der Waals surface area contributed by atoms with Gasteiger partial charge in [0.15, 0.2) is 0 Å². The first-order chi connectivity index (χ1) is 13.7. The van der Waals surface area contributed by atoms with Gasteiger partial charge in [0.25, 0.3) is 5.91 Å². The molecular weight excluding hydrogens is 375 g/mol. The SMILES string of the molecule is O=C(NC1CCCc2nc(-c3ccc(F)cc3)sc21)c1ccnc(C2CC2)n1. The van der Waals surface area contributed by atoms with Crippen LogP contribution in [0.2, 0.25) is 0 Å². The highest BCUT2D eigenvalue weighted by Gasteiger charge is 2.29. The van der Waals surface area contributed by atoms with E-state index in [2.05, 4.69) is 15.3 Å². The lowest BCUT2D eigenvalue weighted by Gasteiger charge is -2.22. The second-order valence-electron chi connectivity index (χ2n) is 7.33. The summed E-state index contributed by atoms with van der Waals surface area (Å²) in [5, 5.41) is 4.00. The molecule has 1 fully saturated rings. The highest BCUT2D eigenvalue weighted by atomic mass is 32.1. The van der Waals surface area contributed by atoms with Crippen molar-refractivity contribution >= 4 is 17.2 Å². The lowest BCUT2D eigenvalue weighted by molar-refractivity contribution is 0.0928. The average Bonchev–Trinajstić information content (AvgIpc) is 3.47. The summed E-state index contributed by atoms with van der Waals surface area (Å²) in [4.78, 5) is 27.3. The van der Waals surface area contributed by atoms with Gasteiger partial charge in [0, 0.05) is 17.7 Å². The van der Waals surface area contributed by atoms with E-state index >= 15 is 0 Å². The summed E-state index contributed by atoms with van der Waals surface area (Å²) in [6.45, 7) is 0. The number of fused-ring (bicyclic) bond motifs is 1. The largest absolute Gasteiger partial charge is 0.343 e. The van der Waals surface area contributed by atoms with E-state index in [4.69, 9.17) is 4.98 Å². The standard InChI is InChI=1S/C21H19FN4OS/c22-14-8-6-13(7-9-14)21-26-16-3-1-2-15(18(16)28-21)25-20(27)17-10-11-23-19(24-17)12-4-5-12/h6-12,15H,1-5H2,(H,25,27). The van der Waals surface area contributed by atoms with E-state index in [0.29, 0.717) is 11.6 Å². The third-order valence-corrected chi connectivity index (χ3v) is 6.46. The number of rotatable bonds is 4. The Morgan fingerprint density at radius 1 is 1.11 bits per heavy atom. The minimum Gasteiger partial charge on any atom is -0.343 e. The first-order valence-electron chi connectivity index (χ1n) is 9.57. The normalized spacial score (nSPS) is 18.5. The maximum absolute atomic E-state index is 13.2. The number of aryl methyl sites for hydroxylation is 1. The number of carbonyl (C=O) groups excluding carboxylic acids is 1. The first kappa shape index (κ1) is 17.4. The van der Waals surface area contributed by atoms with Crippen molar-refractivity contribution in [2.24, 2.45) is 0 Å². The molecular formula is C21H19FN4OS. The van der Waals surface area contributed by atoms with E-state index in [0.717, 1.165) is 59.1 Å². The molecule has 1 aromatic carbocycles. The molecule has 1 atom stereocenters. The fourth-order valence-corrected chi connectivity index (χ4v) is 4.75. The highest BCUT2D eigenvalue weighted by Crippen LogP contribution is 2.39. The Bertz CT molecular complexity index is 1030. The van der Waals surface area contributed by atoms with Gasteiger partial charge >= 0.3 is 0 Å². The van der Waals surface area contributed by atoms with E-state index in [-0.39, 0.29) is 17.8 Å². The lowest BCUT2D eigenvalue weighted by Crippen LogP contribution is -2.31. The Morgan fingerprint density at radius 3 is 2.71 bits per heavy atom. The predicted octanol–water partition coefficient (Wildman–Crippen LogP) is 4.42. The van der Waals surface area contributed by atoms with Crippen LogP contribution in [0.15, 0.2) is 36.5 Å². The number of aromatic nitrogens is 3. The van der Waals surface area contributed by atoms with Crippen molar-refractivity contribution in [3.63, 3.8) is 0 Å². The van der Waals surface area contributed by atoms with Crippen LogP contribution in [0.1, 0.15) is 64.5 Å². The molecule has 5 rings (SSSR count). The zero-order chi connectivity index (χ0) is 19.1. The van der Waals surface area contributed by atoms with Gasteiger partial charge in [-0.3, -0.25) is 4.79 Å². The first-order valence-corrected chi connectivity index (χ1v) is 10.4. The van der Waals surface area contributed by atoms with Crippen LogP contribution in [-0.4, -0.2) is 20.9 Å². The zero-order valence-electron chi connectivity index (χ0n) is 15.2. The topological polar surface area (TPSA) is 67.8 Å². The monoisotopic (exact) mass is 394 g/mol. The summed E-state index contributed by atoms with van der Waals surface area (Å²) in [6.07, 6.45) is 6.63. The van der Waals surface area contributed by atoms with Gasteiger partial charge < -0.3 is 5.32 Å². The number of benzene rings is 1. The minimum absolute atomic E-state index is 0.0673. The van der Waals surface area contributed by atoms with Crippen LogP contribution < -0.4 is 5.32 Å². The highest BCUT2D eigenvalue weighted by molar-refractivity contribution is 7.15. The summed E-state index contributed by atoms with van der Waals surface area (Å²) in [7, 11) is 0. The Balaban J connectivity index is 1.38. The van der Waals surface area contributed by atoms with Crippen molar-refractivity contribution in [3.05, 3.63) is 64.4 Å². The molecule has 0 radical (unpaired) electrons. The Morgan fingerprint density at radius 2 is 1.93 bits per heavy atom. The Labute approximate surface area is 166 Å². The number of hydrogen-bond donors (Lipinski definition) is 1. The van der Waals surface area contributed by atoms with Crippen LogP contribution in [0.25, 0.3) is 10.6 Å². The molecule has 1 unspecified atom stereocenters. The van der Waals surface area contributed by atoms with Gasteiger partial charge in [-0.1, -0.05) is 0 Å². The Kier molecular flexibility index (Phi) is 4.39. The van der Waals surface area contributed by atoms with Gasteiger partial charge in [0.05, 0.1) is 16.6 Å². The smallest absolute Gasteiger partial charge is 0.270 e. The molecule has 0 bridgehead atoms. The van der Waals surface area contributed by atoms with E-state index < -0.39 is 0 Å². The summed E-state index contributed by atoms with van der Waals surface area (Å²) in [6, 6.07) is 7.98. The third-order valence-electron chi connectivity index (χ3n) is 5.20. The maximum atomic E-state index is 13.2. The van der Waals surface area contributed by atoms with Crippen LogP contribution in [0.4, 0.5) is 4.39 Å². The van der Waals surface area contributed by atoms with Crippen LogP contribution >= 0.6 is 11.3 Å². The number of nitrogens with one attached hydrogen (secondary N) is 1. The fraction of sp³-hybridized carbons (Fsp3) is 0.333. The van der Waals surface area contributed by atoms with Gasteiger partial charge in [-0.2, -0.15) is 0 Å². The van der Waals surface area contributed by atoms with Crippen molar-refractivity contribution in [1.29, 1.82) is 0 Å². The van der Waals surface area contributed by atoms with E-state index in [1.165, 1.54) is 12.1 Å². The van der Waals surface area contributed by atoms with Crippen molar-refractivity contribution < 1.29 is 9.18 Å². The van der Waals surface area contributed by atoms with Crippen LogP contribution in [0.3, 0.4) is 0 Å². The number of hydrogen-bond acceptors (Lipinski definition) is 5. The number of carbonyl (C=O) groups is 1. The van der Waals surface area contributed by atoms with Crippen molar-refractivity contribution in [2.75, 3.05) is 0 Å². The molecule has 1 saturated carbocycles. The summed E-state index contributed by atoms with van der Waals surface area (Å²) in [5.41, 5.74) is 2.35. The van der Waals surface area contributed by atoms with Gasteiger partial charge in [0.1, 0.15) is 22.3 Å². The number of nitrogens with zero attached hydrogens (tertiary/aromatic N) is 3. The molecule has 2 heterocycles. The number of halogens is 1. The van der Waals surface area contributed by atoms with Crippen LogP contribution in [0, 0.1) is 5.82 Å². The molecule has 2 aliphatic rings. The molecule has 0 aliphatic heterocycles. The zero-order valence-corrected chi connectivity index (χ0v) is 16.0. The molecule has 2 aliphatic carbocycles. The van der Waals surface area contributed by atoms with E-state index in [1.54, 1.807) is 35.7 Å². The molecule has 3 aromatic rings. The third kappa shape index (κ3) is 3.42. The van der Waals surface area contributed by atoms with E-state index in [1.807, 2.05) is 0 Å². The van der Waals surface area contributed by atoms with Crippen LogP contribution in [-0.2, 0) is 6.42 Å². The second-order valence-corrected chi connectivity index (χ2v) is 8.36. The molecule has 7 heteroatoms.